The molecule has 1 aromatic heterocycles. The van der Waals surface area contributed by atoms with E-state index in [0.717, 1.165) is 19.6 Å². The molecule has 3 heterocycles. The molecular formula is C27H32FN3O6. The minimum atomic E-state index is -0.898. The van der Waals surface area contributed by atoms with Crippen LogP contribution in [0.5, 0.6) is 0 Å². The minimum absolute atomic E-state index is 0.0939. The first-order valence-corrected chi connectivity index (χ1v) is 12.4. The Kier molecular flexibility index (Phi) is 8.09. The Bertz CT molecular complexity index is 1210. The molecule has 0 radical (unpaired) electrons. The fraction of sp³-hybridized carbons (Fsp3) is 0.444. The number of carbonyl (C=O) groups excluding carboxylic acids is 3. The van der Waals surface area contributed by atoms with Crippen molar-refractivity contribution in [2.24, 2.45) is 0 Å². The van der Waals surface area contributed by atoms with Crippen molar-refractivity contribution in [3.63, 3.8) is 0 Å². The molecule has 0 saturated carbocycles. The van der Waals surface area contributed by atoms with Gasteiger partial charge in [0.2, 0.25) is 0 Å². The van der Waals surface area contributed by atoms with E-state index in [4.69, 9.17) is 9.47 Å². The summed E-state index contributed by atoms with van der Waals surface area (Å²) in [5, 5.41) is 11.4. The van der Waals surface area contributed by atoms with E-state index in [1.54, 1.807) is 20.8 Å². The molecule has 2 aliphatic heterocycles. The number of benzene rings is 1. The van der Waals surface area contributed by atoms with Gasteiger partial charge in [0, 0.05) is 37.4 Å². The van der Waals surface area contributed by atoms with Crippen LogP contribution in [0.3, 0.4) is 0 Å². The Morgan fingerprint density at radius 1 is 1.16 bits per heavy atom. The summed E-state index contributed by atoms with van der Waals surface area (Å²) in [5.41, 5.74) is 1.70. The lowest BCUT2D eigenvalue weighted by atomic mass is 9.94. The molecule has 2 aromatic rings. The topological polar surface area (TPSA) is 112 Å². The number of morpholine rings is 1. The Labute approximate surface area is 214 Å². The van der Waals surface area contributed by atoms with Crippen molar-refractivity contribution in [1.29, 1.82) is 0 Å². The maximum Gasteiger partial charge on any atom is 0.355 e. The summed E-state index contributed by atoms with van der Waals surface area (Å²) in [4.78, 5) is 45.5. The number of aromatic nitrogens is 1. The van der Waals surface area contributed by atoms with E-state index in [2.05, 4.69) is 9.88 Å². The normalized spacial score (nSPS) is 20.0. The first-order valence-electron chi connectivity index (χ1n) is 12.4. The monoisotopic (exact) mass is 513 g/mol. The van der Waals surface area contributed by atoms with Crippen LogP contribution in [0.2, 0.25) is 0 Å². The van der Waals surface area contributed by atoms with Gasteiger partial charge in [-0.3, -0.25) is 14.5 Å². The number of aromatic amines is 1. The van der Waals surface area contributed by atoms with Gasteiger partial charge in [-0.25, -0.2) is 9.18 Å². The maximum atomic E-state index is 13.7. The zero-order chi connectivity index (χ0) is 26.7. The number of aliphatic hydroxyl groups is 1. The van der Waals surface area contributed by atoms with E-state index in [-0.39, 0.29) is 35.7 Å². The molecule has 2 saturated heterocycles. The molecule has 1 amide bonds. The Balaban J connectivity index is 1.73. The highest BCUT2D eigenvalue weighted by molar-refractivity contribution is 6.46. The molecule has 198 valence electrons. The van der Waals surface area contributed by atoms with Crippen molar-refractivity contribution in [2.75, 3.05) is 46.0 Å². The summed E-state index contributed by atoms with van der Waals surface area (Å²) in [7, 11) is 0. The number of H-pyrrole nitrogens is 1. The van der Waals surface area contributed by atoms with Crippen LogP contribution in [-0.2, 0) is 19.1 Å². The van der Waals surface area contributed by atoms with Gasteiger partial charge in [0.25, 0.3) is 11.7 Å². The molecule has 2 fully saturated rings. The number of ketones is 1. The lowest BCUT2D eigenvalue weighted by Gasteiger charge is -2.29. The van der Waals surface area contributed by atoms with Crippen molar-refractivity contribution in [1.82, 2.24) is 14.8 Å². The highest BCUT2D eigenvalue weighted by Gasteiger charge is 2.46. The number of aliphatic hydroxyl groups excluding tert-OH is 1. The molecule has 2 aliphatic rings. The molecule has 10 heteroatoms. The van der Waals surface area contributed by atoms with Gasteiger partial charge < -0.3 is 24.5 Å². The van der Waals surface area contributed by atoms with Crippen LogP contribution in [0.4, 0.5) is 4.39 Å². The van der Waals surface area contributed by atoms with E-state index < -0.39 is 29.5 Å². The smallest absolute Gasteiger partial charge is 0.355 e. The fourth-order valence-electron chi connectivity index (χ4n) is 5.04. The average Bonchev–Trinajstić information content (AvgIpc) is 3.32. The third kappa shape index (κ3) is 5.30. The first-order chi connectivity index (χ1) is 17.7. The second-order valence-corrected chi connectivity index (χ2v) is 9.20. The molecular weight excluding hydrogens is 481 g/mol. The number of hydrogen-bond donors (Lipinski definition) is 2. The number of hydrogen-bond acceptors (Lipinski definition) is 7. The molecule has 0 spiro atoms. The summed E-state index contributed by atoms with van der Waals surface area (Å²) in [5.74, 6) is -2.97. The summed E-state index contributed by atoms with van der Waals surface area (Å²) in [6.45, 7) is 9.08. The lowest BCUT2D eigenvalue weighted by Crippen LogP contribution is -2.38. The number of likely N-dealkylation sites (tertiary alicyclic amines) is 1. The zero-order valence-corrected chi connectivity index (χ0v) is 21.3. The van der Waals surface area contributed by atoms with E-state index in [0.29, 0.717) is 36.5 Å². The third-order valence-electron chi connectivity index (χ3n) is 6.86. The molecule has 1 atom stereocenters. The number of amides is 1. The second kappa shape index (κ2) is 11.3. The summed E-state index contributed by atoms with van der Waals surface area (Å²) in [6, 6.07) is 4.64. The number of esters is 1. The van der Waals surface area contributed by atoms with Gasteiger partial charge in [-0.2, -0.15) is 0 Å². The summed E-state index contributed by atoms with van der Waals surface area (Å²) >= 11 is 0. The van der Waals surface area contributed by atoms with Gasteiger partial charge in [-0.15, -0.1) is 0 Å². The van der Waals surface area contributed by atoms with Crippen molar-refractivity contribution in [2.45, 2.75) is 33.2 Å². The van der Waals surface area contributed by atoms with E-state index in [9.17, 15) is 23.9 Å². The van der Waals surface area contributed by atoms with Crippen LogP contribution in [0.25, 0.3) is 5.76 Å². The molecule has 37 heavy (non-hydrogen) atoms. The van der Waals surface area contributed by atoms with Crippen LogP contribution in [-0.4, -0.2) is 83.5 Å². The minimum Gasteiger partial charge on any atom is -0.507 e. The van der Waals surface area contributed by atoms with Crippen molar-refractivity contribution in [3.8, 4) is 0 Å². The third-order valence-corrected chi connectivity index (χ3v) is 6.86. The zero-order valence-electron chi connectivity index (χ0n) is 21.3. The number of rotatable bonds is 8. The van der Waals surface area contributed by atoms with Gasteiger partial charge in [-0.1, -0.05) is 12.1 Å². The van der Waals surface area contributed by atoms with E-state index >= 15 is 0 Å². The van der Waals surface area contributed by atoms with Gasteiger partial charge >= 0.3 is 5.97 Å². The Morgan fingerprint density at radius 3 is 2.49 bits per heavy atom. The number of nitrogens with zero attached hydrogens (tertiary/aromatic N) is 2. The average molecular weight is 514 g/mol. The SMILES string of the molecule is CCOC(=O)c1[nH]c(C)c(C(O)=C2C(=O)C(=O)N(CCCN3CCOCC3)[C@@H]2c2ccc(F)cc2)c1C. The highest BCUT2D eigenvalue weighted by Crippen LogP contribution is 2.41. The van der Waals surface area contributed by atoms with E-state index in [1.165, 1.54) is 29.2 Å². The molecule has 2 N–H and O–H groups in total. The van der Waals surface area contributed by atoms with E-state index in [1.807, 2.05) is 0 Å². The highest BCUT2D eigenvalue weighted by atomic mass is 19.1. The Hall–Kier alpha value is -3.50. The number of ether oxygens (including phenoxy) is 2. The largest absolute Gasteiger partial charge is 0.507 e. The van der Waals surface area contributed by atoms with Gasteiger partial charge in [0.1, 0.15) is 17.3 Å². The quantitative estimate of drug-likeness (QED) is 0.241. The number of carbonyl (C=O) groups is 3. The van der Waals surface area contributed by atoms with Crippen LogP contribution >= 0.6 is 0 Å². The van der Waals surface area contributed by atoms with Crippen LogP contribution in [0, 0.1) is 19.7 Å². The van der Waals surface area contributed by atoms with Crippen LogP contribution < -0.4 is 0 Å². The van der Waals surface area contributed by atoms with Crippen LogP contribution in [0.15, 0.2) is 29.8 Å². The van der Waals surface area contributed by atoms with Gasteiger partial charge in [0.15, 0.2) is 0 Å². The maximum absolute atomic E-state index is 13.7. The molecule has 9 nitrogen and oxygen atoms in total. The fourth-order valence-corrected chi connectivity index (χ4v) is 5.04. The predicted octanol–water partition coefficient (Wildman–Crippen LogP) is 3.09. The number of nitrogens with one attached hydrogen (secondary N) is 1. The van der Waals surface area contributed by atoms with Crippen molar-refractivity contribution < 1.29 is 33.4 Å². The first kappa shape index (κ1) is 26.6. The van der Waals surface area contributed by atoms with Crippen molar-refractivity contribution in [3.05, 3.63) is 63.7 Å². The number of Topliss-reactive ketones (excluding diaryl/α,β-unsaturated/α-hetero) is 1. The molecule has 0 bridgehead atoms. The van der Waals surface area contributed by atoms with Crippen molar-refractivity contribution >= 4 is 23.4 Å². The van der Waals surface area contributed by atoms with Gasteiger partial charge in [0.05, 0.1) is 31.4 Å². The standard InChI is InChI=1S/C27H32FN3O6/c1-4-37-27(35)22-16(2)20(17(3)29-22)24(32)21-23(18-6-8-19(28)9-7-18)31(26(34)25(21)33)11-5-10-30-12-14-36-15-13-30/h6-9,23,29,32H,4-5,10-15H2,1-3H3/t23-/m1/s1. The summed E-state index contributed by atoms with van der Waals surface area (Å²) < 4.78 is 24.2. The molecule has 0 aliphatic carbocycles. The Morgan fingerprint density at radius 2 is 1.84 bits per heavy atom. The number of halogens is 1. The molecule has 4 rings (SSSR count). The molecule has 1 aromatic carbocycles. The molecule has 0 unspecified atom stereocenters. The second-order valence-electron chi connectivity index (χ2n) is 9.20. The predicted molar refractivity (Wildman–Crippen MR) is 134 cm³/mol. The lowest BCUT2D eigenvalue weighted by molar-refractivity contribution is -0.140. The van der Waals surface area contributed by atoms with Crippen LogP contribution in [0.1, 0.15) is 52.3 Å². The van der Waals surface area contributed by atoms with Gasteiger partial charge in [-0.05, 0) is 50.5 Å². The number of aryl methyl sites for hydroxylation is 1. The summed E-state index contributed by atoms with van der Waals surface area (Å²) in [6.07, 6.45) is 0.611.